The molecule has 1 saturated carbocycles. The van der Waals surface area contributed by atoms with E-state index in [2.05, 4.69) is 36.9 Å². The second kappa shape index (κ2) is 9.13. The lowest BCUT2D eigenvalue weighted by Crippen LogP contribution is -2.11. The summed E-state index contributed by atoms with van der Waals surface area (Å²) in [5, 5.41) is 0. The zero-order valence-electron chi connectivity index (χ0n) is 15.8. The van der Waals surface area contributed by atoms with Crippen molar-refractivity contribution in [2.75, 3.05) is 6.61 Å². The van der Waals surface area contributed by atoms with Crippen molar-refractivity contribution in [3.63, 3.8) is 0 Å². The van der Waals surface area contributed by atoms with E-state index in [1.807, 2.05) is 12.1 Å². The van der Waals surface area contributed by atoms with E-state index in [-0.39, 0.29) is 12.7 Å². The van der Waals surface area contributed by atoms with Crippen LogP contribution in [0.3, 0.4) is 0 Å². The van der Waals surface area contributed by atoms with E-state index < -0.39 is 6.18 Å². The van der Waals surface area contributed by atoms with Crippen molar-refractivity contribution in [2.24, 2.45) is 5.92 Å². The molecule has 0 radical (unpaired) electrons. The quantitative estimate of drug-likeness (QED) is 0.473. The van der Waals surface area contributed by atoms with Gasteiger partial charge in [-0.25, -0.2) is 0 Å². The number of benzene rings is 2. The highest BCUT2D eigenvalue weighted by molar-refractivity contribution is 5.64. The predicted octanol–water partition coefficient (Wildman–Crippen LogP) is 7.31. The van der Waals surface area contributed by atoms with E-state index >= 15 is 0 Å². The third kappa shape index (κ3) is 5.75. The van der Waals surface area contributed by atoms with Crippen molar-refractivity contribution in [3.8, 4) is 16.9 Å². The van der Waals surface area contributed by atoms with Gasteiger partial charge in [0.15, 0.2) is 0 Å². The Balaban J connectivity index is 1.57. The highest BCUT2D eigenvalue weighted by Crippen LogP contribution is 2.36. The van der Waals surface area contributed by atoms with Gasteiger partial charge in [-0.2, -0.15) is 13.2 Å². The minimum absolute atomic E-state index is 0.109. The molecule has 1 aliphatic carbocycles. The molecular formula is C24H25F3O. The van der Waals surface area contributed by atoms with Crippen LogP contribution in [0, 0.1) is 5.92 Å². The van der Waals surface area contributed by atoms with E-state index in [1.54, 1.807) is 12.1 Å². The summed E-state index contributed by atoms with van der Waals surface area (Å²) in [6.45, 7) is 3.80. The fraction of sp³-hybridized carbons (Fsp3) is 0.333. The number of halogens is 3. The maximum Gasteiger partial charge on any atom is 0.409 e. The fourth-order valence-electron chi connectivity index (χ4n) is 3.71. The molecule has 0 aromatic heterocycles. The van der Waals surface area contributed by atoms with Gasteiger partial charge >= 0.3 is 6.18 Å². The van der Waals surface area contributed by atoms with Crippen LogP contribution >= 0.6 is 0 Å². The Labute approximate surface area is 164 Å². The first kappa shape index (κ1) is 20.2. The van der Waals surface area contributed by atoms with E-state index in [9.17, 15) is 13.2 Å². The number of alkyl halides is 3. The maximum atomic E-state index is 12.1. The largest absolute Gasteiger partial charge is 0.490 e. The third-order valence-corrected chi connectivity index (χ3v) is 5.33. The Morgan fingerprint density at radius 2 is 1.46 bits per heavy atom. The first-order valence-corrected chi connectivity index (χ1v) is 9.65. The SMILES string of the molecule is C=CC1CCC(c2ccc(-c3ccc(OC/C=C/C(F)(F)F)cc3)cc2)CC1. The molecule has 2 aromatic rings. The molecule has 0 saturated heterocycles. The van der Waals surface area contributed by atoms with Crippen LogP contribution in [0.4, 0.5) is 13.2 Å². The Hall–Kier alpha value is -2.49. The van der Waals surface area contributed by atoms with E-state index in [4.69, 9.17) is 4.74 Å². The van der Waals surface area contributed by atoms with Crippen molar-refractivity contribution in [2.45, 2.75) is 37.8 Å². The third-order valence-electron chi connectivity index (χ3n) is 5.33. The average Bonchev–Trinajstić information content (AvgIpc) is 2.71. The van der Waals surface area contributed by atoms with Gasteiger partial charge in [-0.1, -0.05) is 42.5 Å². The van der Waals surface area contributed by atoms with Gasteiger partial charge in [0.1, 0.15) is 12.4 Å². The van der Waals surface area contributed by atoms with Gasteiger partial charge in [0, 0.05) is 6.08 Å². The Bertz CT molecular complexity index is 780. The zero-order chi connectivity index (χ0) is 20.0. The van der Waals surface area contributed by atoms with Gasteiger partial charge in [-0.15, -0.1) is 6.58 Å². The van der Waals surface area contributed by atoms with Gasteiger partial charge in [0.2, 0.25) is 0 Å². The summed E-state index contributed by atoms with van der Waals surface area (Å²) in [5.74, 6) is 1.84. The summed E-state index contributed by atoms with van der Waals surface area (Å²) in [6.07, 6.45) is 3.80. The lowest BCUT2D eigenvalue weighted by Gasteiger charge is -2.27. The normalized spacial score (nSPS) is 20.2. The first-order valence-electron chi connectivity index (χ1n) is 9.65. The average molecular weight is 386 g/mol. The first-order chi connectivity index (χ1) is 13.4. The number of hydrogen-bond donors (Lipinski definition) is 0. The van der Waals surface area contributed by atoms with Crippen LogP contribution in [-0.2, 0) is 0 Å². The molecule has 0 amide bonds. The number of ether oxygens (including phenoxy) is 1. The highest BCUT2D eigenvalue weighted by atomic mass is 19.4. The molecule has 4 heteroatoms. The minimum Gasteiger partial charge on any atom is -0.490 e. The summed E-state index contributed by atoms with van der Waals surface area (Å²) >= 11 is 0. The molecule has 0 aliphatic heterocycles. The van der Waals surface area contributed by atoms with Crippen LogP contribution in [-0.4, -0.2) is 12.8 Å². The molecule has 0 N–H and O–H groups in total. The van der Waals surface area contributed by atoms with Gasteiger partial charge in [-0.05, 0) is 72.4 Å². The molecule has 0 bridgehead atoms. The van der Waals surface area contributed by atoms with Crippen LogP contribution in [0.5, 0.6) is 5.75 Å². The summed E-state index contributed by atoms with van der Waals surface area (Å²) < 4.78 is 41.5. The minimum atomic E-state index is -4.30. The van der Waals surface area contributed by atoms with Gasteiger partial charge in [-0.3, -0.25) is 0 Å². The molecular weight excluding hydrogens is 361 g/mol. The molecule has 2 aromatic carbocycles. The van der Waals surface area contributed by atoms with E-state index in [0.29, 0.717) is 17.6 Å². The van der Waals surface area contributed by atoms with Gasteiger partial charge < -0.3 is 4.74 Å². The van der Waals surface area contributed by atoms with Crippen LogP contribution < -0.4 is 4.74 Å². The second-order valence-electron chi connectivity index (χ2n) is 7.25. The number of hydrogen-bond acceptors (Lipinski definition) is 1. The fourth-order valence-corrected chi connectivity index (χ4v) is 3.71. The molecule has 0 heterocycles. The smallest absolute Gasteiger partial charge is 0.409 e. The predicted molar refractivity (Wildman–Crippen MR) is 107 cm³/mol. The zero-order valence-corrected chi connectivity index (χ0v) is 15.8. The summed E-state index contributed by atoms with van der Waals surface area (Å²) in [7, 11) is 0. The maximum absolute atomic E-state index is 12.1. The van der Waals surface area contributed by atoms with Crippen molar-refractivity contribution in [1.82, 2.24) is 0 Å². The van der Waals surface area contributed by atoms with Crippen molar-refractivity contribution in [1.29, 1.82) is 0 Å². The topological polar surface area (TPSA) is 9.23 Å². The van der Waals surface area contributed by atoms with Crippen LogP contribution in [0.15, 0.2) is 73.3 Å². The van der Waals surface area contributed by atoms with Crippen LogP contribution in [0.2, 0.25) is 0 Å². The Kier molecular flexibility index (Phi) is 6.61. The van der Waals surface area contributed by atoms with Crippen molar-refractivity contribution >= 4 is 0 Å². The Morgan fingerprint density at radius 1 is 0.893 bits per heavy atom. The molecule has 0 spiro atoms. The standard InChI is InChI=1S/C24H25F3O/c1-2-18-4-6-19(7-5-18)20-8-10-21(11-9-20)22-12-14-23(15-13-22)28-17-3-16-24(25,26)27/h2-3,8-16,18-19H,1,4-7,17H2/b16-3+. The van der Waals surface area contributed by atoms with Crippen LogP contribution in [0.25, 0.3) is 11.1 Å². The summed E-state index contributed by atoms with van der Waals surface area (Å²) in [4.78, 5) is 0. The van der Waals surface area contributed by atoms with Crippen molar-refractivity contribution < 1.29 is 17.9 Å². The van der Waals surface area contributed by atoms with Crippen LogP contribution in [0.1, 0.15) is 37.2 Å². The monoisotopic (exact) mass is 386 g/mol. The lowest BCUT2D eigenvalue weighted by atomic mass is 9.78. The molecule has 1 fully saturated rings. The molecule has 1 nitrogen and oxygen atoms in total. The van der Waals surface area contributed by atoms with Gasteiger partial charge in [0.25, 0.3) is 0 Å². The summed E-state index contributed by atoms with van der Waals surface area (Å²) in [6, 6.07) is 16.1. The Morgan fingerprint density at radius 3 is 2.00 bits per heavy atom. The highest BCUT2D eigenvalue weighted by Gasteiger charge is 2.21. The van der Waals surface area contributed by atoms with E-state index in [1.165, 1.54) is 31.2 Å². The van der Waals surface area contributed by atoms with E-state index in [0.717, 1.165) is 17.2 Å². The molecule has 28 heavy (non-hydrogen) atoms. The second-order valence-corrected chi connectivity index (χ2v) is 7.25. The molecule has 0 atom stereocenters. The lowest BCUT2D eigenvalue weighted by molar-refractivity contribution is -0.0801. The number of allylic oxidation sites excluding steroid dienone is 2. The van der Waals surface area contributed by atoms with Gasteiger partial charge in [0.05, 0.1) is 0 Å². The number of rotatable bonds is 6. The van der Waals surface area contributed by atoms with Crippen molar-refractivity contribution in [3.05, 3.63) is 78.9 Å². The molecule has 148 valence electrons. The summed E-state index contributed by atoms with van der Waals surface area (Å²) in [5.41, 5.74) is 3.56. The molecule has 1 aliphatic rings. The molecule has 0 unspecified atom stereocenters. The molecule has 3 rings (SSSR count).